The van der Waals surface area contributed by atoms with Crippen LogP contribution in [0.2, 0.25) is 0 Å². The van der Waals surface area contributed by atoms with Gasteiger partial charge in [0.05, 0.1) is 0 Å². The molecule has 0 aromatic heterocycles. The Morgan fingerprint density at radius 1 is 1.00 bits per heavy atom. The summed E-state index contributed by atoms with van der Waals surface area (Å²) < 4.78 is 0. The largest absolute Gasteiger partial charge is 1.00 e. The Kier molecular flexibility index (Phi) is 50.1. The third-order valence-electron chi connectivity index (χ3n) is 0. The van der Waals surface area contributed by atoms with Crippen molar-refractivity contribution in [3.8, 4) is 0 Å². The van der Waals surface area contributed by atoms with Crippen molar-refractivity contribution in [1.82, 2.24) is 0 Å². The molecule has 0 aliphatic carbocycles. The van der Waals surface area contributed by atoms with Gasteiger partial charge in [-0.15, -0.1) is 0 Å². The van der Waals surface area contributed by atoms with E-state index < -0.39 is 0 Å². The fourth-order valence-electron chi connectivity index (χ4n) is 0. The van der Waals surface area contributed by atoms with Crippen molar-refractivity contribution in [2.45, 2.75) is 0 Å². The predicted molar refractivity (Wildman–Crippen MR) is 19.6 cm³/mol. The molecule has 0 aromatic carbocycles. The molecule has 0 amide bonds. The number of rotatable bonds is 0. The summed E-state index contributed by atoms with van der Waals surface area (Å²) in [5.74, 6) is 0. The van der Waals surface area contributed by atoms with E-state index >= 15 is 0 Å². The van der Waals surface area contributed by atoms with E-state index in [1.807, 2.05) is 0 Å². The van der Waals surface area contributed by atoms with Crippen molar-refractivity contribution in [3.05, 3.63) is 0 Å². The van der Waals surface area contributed by atoms with E-state index in [9.17, 15) is 0 Å². The Morgan fingerprint density at radius 3 is 1.00 bits per heavy atom. The van der Waals surface area contributed by atoms with Crippen LogP contribution < -0.4 is 103 Å². The third-order valence-corrected chi connectivity index (χ3v) is 0. The SMILES string of the molecule is [K+].[K+].[S-]C[S-]. The third kappa shape index (κ3) is 18.0. The molecule has 0 rings (SSSR count). The first-order valence-corrected chi connectivity index (χ1v) is 1.73. The first-order chi connectivity index (χ1) is 1.41. The van der Waals surface area contributed by atoms with Crippen LogP contribution in [0.5, 0.6) is 0 Å². The average Bonchev–Trinajstić information content (AvgIpc) is 0.918. The molecule has 0 saturated heterocycles. The van der Waals surface area contributed by atoms with Gasteiger partial charge in [0, 0.05) is 0 Å². The minimum atomic E-state index is 0. The molecule has 0 aromatic rings. The summed E-state index contributed by atoms with van der Waals surface area (Å²) in [6, 6.07) is 0. The van der Waals surface area contributed by atoms with Crippen LogP contribution in [0.1, 0.15) is 0 Å². The Morgan fingerprint density at radius 2 is 1.00 bits per heavy atom. The first-order valence-electron chi connectivity index (χ1n) is 0.577. The van der Waals surface area contributed by atoms with E-state index in [-0.39, 0.29) is 103 Å². The van der Waals surface area contributed by atoms with Gasteiger partial charge in [-0.2, -0.15) is 0 Å². The number of hydrogen-bond donors (Lipinski definition) is 0. The van der Waals surface area contributed by atoms with Gasteiger partial charge in [0.25, 0.3) is 0 Å². The summed E-state index contributed by atoms with van der Waals surface area (Å²) in [6.45, 7) is 0. The molecular weight excluding hydrogens is 154 g/mol. The number of hydrogen-bond acceptors (Lipinski definition) is 2. The molecule has 0 saturated carbocycles. The predicted octanol–water partition coefficient (Wildman–Crippen LogP) is -5.95. The smallest absolute Gasteiger partial charge is 0.818 e. The molecule has 0 aliphatic rings. The molecular formula is CH2K2S2. The fourth-order valence-corrected chi connectivity index (χ4v) is 0. The van der Waals surface area contributed by atoms with Crippen LogP contribution in [0.15, 0.2) is 0 Å². The second-order valence-corrected chi connectivity index (χ2v) is 1.06. The zero-order chi connectivity index (χ0) is 2.71. The molecule has 0 aliphatic heterocycles. The Labute approximate surface area is 129 Å². The molecule has 0 nitrogen and oxygen atoms in total. The maximum absolute atomic E-state index is 4.21. The van der Waals surface area contributed by atoms with E-state index in [2.05, 4.69) is 25.3 Å². The second-order valence-electron chi connectivity index (χ2n) is 0.118. The van der Waals surface area contributed by atoms with Gasteiger partial charge in [-0.25, -0.2) is 0 Å². The Balaban J connectivity index is -0.0000000200. The summed E-state index contributed by atoms with van der Waals surface area (Å²) in [5, 5.41) is 0.417. The topological polar surface area (TPSA) is 0 Å². The standard InChI is InChI=1S/CH4S2.2K/c2-1-3;;/h2-3H,1H2;;/q;2*+1/p-2. The maximum atomic E-state index is 4.21. The molecule has 0 fully saturated rings. The molecule has 0 bridgehead atoms. The average molecular weight is 156 g/mol. The molecule has 0 N–H and O–H groups in total. The Bertz CT molecular complexity index is 7.61. The van der Waals surface area contributed by atoms with Crippen molar-refractivity contribution >= 4 is 25.3 Å². The van der Waals surface area contributed by atoms with Gasteiger partial charge < -0.3 is 30.3 Å². The normalized spacial score (nSPS) is 3.60. The van der Waals surface area contributed by atoms with Gasteiger partial charge in [-0.1, -0.05) is 0 Å². The summed E-state index contributed by atoms with van der Waals surface area (Å²) >= 11 is 8.42. The van der Waals surface area contributed by atoms with E-state index in [4.69, 9.17) is 0 Å². The summed E-state index contributed by atoms with van der Waals surface area (Å²) in [6.07, 6.45) is 0. The van der Waals surface area contributed by atoms with Crippen molar-refractivity contribution in [2.75, 3.05) is 5.08 Å². The van der Waals surface area contributed by atoms with Gasteiger partial charge in [0.1, 0.15) is 0 Å². The molecule has 0 heterocycles. The van der Waals surface area contributed by atoms with Crippen molar-refractivity contribution < 1.29 is 103 Å². The van der Waals surface area contributed by atoms with Crippen LogP contribution >= 0.6 is 0 Å². The quantitative estimate of drug-likeness (QED) is 0.253. The van der Waals surface area contributed by atoms with Gasteiger partial charge >= 0.3 is 103 Å². The zero-order valence-corrected chi connectivity index (χ0v) is 11.4. The van der Waals surface area contributed by atoms with Gasteiger partial charge in [0.2, 0.25) is 0 Å². The van der Waals surface area contributed by atoms with Gasteiger partial charge in [-0.05, 0) is 0 Å². The second kappa shape index (κ2) is 15.7. The molecule has 0 radical (unpaired) electrons. The van der Waals surface area contributed by atoms with Crippen molar-refractivity contribution in [1.29, 1.82) is 0 Å². The molecule has 0 unspecified atom stereocenters. The molecule has 0 atom stereocenters. The van der Waals surface area contributed by atoms with Crippen LogP contribution in [0.3, 0.4) is 0 Å². The minimum Gasteiger partial charge on any atom is -0.818 e. The van der Waals surface area contributed by atoms with Gasteiger partial charge in [0.15, 0.2) is 0 Å². The van der Waals surface area contributed by atoms with Crippen molar-refractivity contribution in [2.24, 2.45) is 0 Å². The fraction of sp³-hybridized carbons (Fsp3) is 1.00. The minimum absolute atomic E-state index is 0. The Hall–Kier alpha value is 3.97. The monoisotopic (exact) mass is 156 g/mol. The van der Waals surface area contributed by atoms with E-state index in [0.717, 1.165) is 0 Å². The van der Waals surface area contributed by atoms with Crippen LogP contribution in [-0.4, -0.2) is 5.08 Å². The van der Waals surface area contributed by atoms with Crippen molar-refractivity contribution in [3.63, 3.8) is 0 Å². The zero-order valence-electron chi connectivity index (χ0n) is 3.52. The summed E-state index contributed by atoms with van der Waals surface area (Å²) in [4.78, 5) is 0. The van der Waals surface area contributed by atoms with E-state index in [0.29, 0.717) is 5.08 Å². The molecule has 4 heteroatoms. The van der Waals surface area contributed by atoms with Crippen LogP contribution in [-0.2, 0) is 25.3 Å². The van der Waals surface area contributed by atoms with Crippen LogP contribution in [0, 0.1) is 0 Å². The molecule has 0 spiro atoms. The molecule has 5 heavy (non-hydrogen) atoms. The van der Waals surface area contributed by atoms with Crippen LogP contribution in [0.4, 0.5) is 0 Å². The summed E-state index contributed by atoms with van der Waals surface area (Å²) in [7, 11) is 0. The van der Waals surface area contributed by atoms with Gasteiger partial charge in [-0.3, -0.25) is 0 Å². The summed E-state index contributed by atoms with van der Waals surface area (Å²) in [5.41, 5.74) is 0. The molecule has 20 valence electrons. The van der Waals surface area contributed by atoms with E-state index in [1.54, 1.807) is 0 Å². The first kappa shape index (κ1) is 16.0. The van der Waals surface area contributed by atoms with E-state index in [1.165, 1.54) is 0 Å². The van der Waals surface area contributed by atoms with Crippen LogP contribution in [0.25, 0.3) is 0 Å². The maximum Gasteiger partial charge on any atom is 1.00 e.